The molecule has 0 radical (unpaired) electrons. The molecule has 1 aromatic heterocycles. The van der Waals surface area contributed by atoms with E-state index >= 15 is 0 Å². The molecule has 106 valence electrons. The maximum atomic E-state index is 11.7. The second kappa shape index (κ2) is 5.36. The third-order valence-corrected chi connectivity index (χ3v) is 2.55. The molecule has 0 aliphatic heterocycles. The molecular formula is C15H19N3O2. The number of hydrogen-bond donors (Lipinski definition) is 1. The van der Waals surface area contributed by atoms with E-state index in [0.29, 0.717) is 5.69 Å². The van der Waals surface area contributed by atoms with Crippen LogP contribution in [0.15, 0.2) is 36.8 Å². The number of aromatic nitrogens is 2. The van der Waals surface area contributed by atoms with Crippen molar-refractivity contribution in [1.29, 1.82) is 0 Å². The molecule has 0 aliphatic rings. The summed E-state index contributed by atoms with van der Waals surface area (Å²) in [6.07, 6.45) is 3.42. The smallest absolute Gasteiger partial charge is 0.326 e. The Morgan fingerprint density at radius 1 is 1.40 bits per heavy atom. The van der Waals surface area contributed by atoms with Gasteiger partial charge in [0.05, 0.1) is 12.0 Å². The minimum atomic E-state index is -0.478. The minimum Gasteiger partial charge on any atom is -0.459 e. The molecule has 0 saturated heterocycles. The maximum Gasteiger partial charge on any atom is 0.326 e. The number of nitrogen functional groups attached to an aromatic ring is 1. The molecule has 2 aromatic rings. The number of carbonyl (C=O) groups is 1. The van der Waals surface area contributed by atoms with Crippen molar-refractivity contribution >= 4 is 11.7 Å². The number of ether oxygens (including phenoxy) is 1. The molecule has 0 aliphatic carbocycles. The number of carbonyl (C=O) groups excluding carboxylic acids is 1. The molecule has 0 unspecified atom stereocenters. The van der Waals surface area contributed by atoms with Gasteiger partial charge in [-0.2, -0.15) is 0 Å². The van der Waals surface area contributed by atoms with Crippen LogP contribution in [0.1, 0.15) is 20.8 Å². The van der Waals surface area contributed by atoms with Gasteiger partial charge in [-0.3, -0.25) is 4.79 Å². The number of hydrogen-bond acceptors (Lipinski definition) is 4. The normalized spacial score (nSPS) is 11.3. The Hall–Kier alpha value is -2.30. The Morgan fingerprint density at radius 2 is 2.15 bits per heavy atom. The maximum absolute atomic E-state index is 11.7. The lowest BCUT2D eigenvalue weighted by Crippen LogP contribution is -2.26. The van der Waals surface area contributed by atoms with Crippen molar-refractivity contribution in [1.82, 2.24) is 9.55 Å². The topological polar surface area (TPSA) is 70.1 Å². The molecule has 0 amide bonds. The van der Waals surface area contributed by atoms with Crippen molar-refractivity contribution in [3.63, 3.8) is 0 Å². The first kappa shape index (κ1) is 14.1. The van der Waals surface area contributed by atoms with Crippen LogP contribution in [0.3, 0.4) is 0 Å². The first-order chi connectivity index (χ1) is 9.33. The zero-order chi connectivity index (χ0) is 14.8. The number of benzene rings is 1. The van der Waals surface area contributed by atoms with Crippen LogP contribution >= 0.6 is 0 Å². The molecule has 0 fully saturated rings. The summed E-state index contributed by atoms with van der Waals surface area (Å²) in [5.41, 5.74) is 7.65. The van der Waals surface area contributed by atoms with Crippen LogP contribution in [0.5, 0.6) is 0 Å². The van der Waals surface area contributed by atoms with E-state index in [1.165, 1.54) is 0 Å². The molecule has 5 heteroatoms. The van der Waals surface area contributed by atoms with Gasteiger partial charge in [0.1, 0.15) is 12.1 Å². The monoisotopic (exact) mass is 273 g/mol. The fourth-order valence-corrected chi connectivity index (χ4v) is 1.82. The van der Waals surface area contributed by atoms with Gasteiger partial charge in [-0.25, -0.2) is 4.98 Å². The zero-order valence-corrected chi connectivity index (χ0v) is 12.0. The number of esters is 1. The number of anilines is 1. The van der Waals surface area contributed by atoms with Crippen molar-refractivity contribution in [3.8, 4) is 11.3 Å². The van der Waals surface area contributed by atoms with E-state index in [4.69, 9.17) is 10.5 Å². The van der Waals surface area contributed by atoms with Gasteiger partial charge in [0.2, 0.25) is 0 Å². The van der Waals surface area contributed by atoms with Gasteiger partial charge < -0.3 is 15.0 Å². The van der Waals surface area contributed by atoms with Gasteiger partial charge >= 0.3 is 5.97 Å². The van der Waals surface area contributed by atoms with E-state index in [0.717, 1.165) is 11.3 Å². The molecule has 0 spiro atoms. The number of imidazole rings is 1. The quantitative estimate of drug-likeness (QED) is 0.689. The van der Waals surface area contributed by atoms with Crippen LogP contribution in [0, 0.1) is 0 Å². The standard InChI is InChI=1S/C15H19N3O2/c1-15(2,3)20-14(19)9-18-8-13(17-10-18)11-5-4-6-12(16)7-11/h4-8,10H,9,16H2,1-3H3. The second-order valence-electron chi connectivity index (χ2n) is 5.64. The van der Waals surface area contributed by atoms with Gasteiger partial charge in [0.15, 0.2) is 0 Å². The third-order valence-electron chi connectivity index (χ3n) is 2.55. The summed E-state index contributed by atoms with van der Waals surface area (Å²) < 4.78 is 6.97. The van der Waals surface area contributed by atoms with Crippen LogP contribution < -0.4 is 5.73 Å². The molecule has 1 heterocycles. The highest BCUT2D eigenvalue weighted by Gasteiger charge is 2.16. The van der Waals surface area contributed by atoms with Crippen molar-refractivity contribution in [2.45, 2.75) is 32.9 Å². The Kier molecular flexibility index (Phi) is 3.79. The molecular weight excluding hydrogens is 254 g/mol. The van der Waals surface area contributed by atoms with E-state index in [9.17, 15) is 4.79 Å². The molecule has 1 aromatic carbocycles. The first-order valence-corrected chi connectivity index (χ1v) is 6.43. The van der Waals surface area contributed by atoms with E-state index in [-0.39, 0.29) is 12.5 Å². The fourth-order valence-electron chi connectivity index (χ4n) is 1.82. The molecule has 2 N–H and O–H groups in total. The summed E-state index contributed by atoms with van der Waals surface area (Å²) >= 11 is 0. The summed E-state index contributed by atoms with van der Waals surface area (Å²) in [7, 11) is 0. The fraction of sp³-hybridized carbons (Fsp3) is 0.333. The number of rotatable bonds is 3. The van der Waals surface area contributed by atoms with Crippen LogP contribution in [0.25, 0.3) is 11.3 Å². The van der Waals surface area contributed by atoms with Gasteiger partial charge in [-0.1, -0.05) is 12.1 Å². The Bertz CT molecular complexity index is 612. The minimum absolute atomic E-state index is 0.145. The highest BCUT2D eigenvalue weighted by Crippen LogP contribution is 2.19. The van der Waals surface area contributed by atoms with Gasteiger partial charge in [-0.15, -0.1) is 0 Å². The molecule has 0 bridgehead atoms. The Balaban J connectivity index is 2.08. The van der Waals surface area contributed by atoms with Crippen LogP contribution in [0.4, 0.5) is 5.69 Å². The highest BCUT2D eigenvalue weighted by atomic mass is 16.6. The van der Waals surface area contributed by atoms with Crippen molar-refractivity contribution in [3.05, 3.63) is 36.8 Å². The Morgan fingerprint density at radius 3 is 2.80 bits per heavy atom. The predicted molar refractivity (Wildman–Crippen MR) is 77.9 cm³/mol. The third kappa shape index (κ3) is 3.85. The highest BCUT2D eigenvalue weighted by molar-refractivity contribution is 5.70. The lowest BCUT2D eigenvalue weighted by molar-refractivity contribution is -0.155. The van der Waals surface area contributed by atoms with E-state index in [2.05, 4.69) is 4.98 Å². The summed E-state index contributed by atoms with van der Waals surface area (Å²) in [5, 5.41) is 0. The predicted octanol–water partition coefficient (Wildman–Crippen LogP) is 2.47. The van der Waals surface area contributed by atoms with Gasteiger partial charge in [0.25, 0.3) is 0 Å². The molecule has 0 saturated carbocycles. The van der Waals surface area contributed by atoms with Crippen molar-refractivity contribution < 1.29 is 9.53 Å². The lowest BCUT2D eigenvalue weighted by atomic mass is 10.1. The van der Waals surface area contributed by atoms with E-state index in [1.54, 1.807) is 17.1 Å². The summed E-state index contributed by atoms with van der Waals surface area (Å²) in [6.45, 7) is 5.68. The first-order valence-electron chi connectivity index (χ1n) is 6.43. The summed E-state index contributed by atoms with van der Waals surface area (Å²) in [5.74, 6) is -0.283. The van der Waals surface area contributed by atoms with Gasteiger partial charge in [-0.05, 0) is 32.9 Å². The molecule has 0 atom stereocenters. The van der Waals surface area contributed by atoms with Crippen molar-refractivity contribution in [2.24, 2.45) is 0 Å². The Labute approximate surface area is 118 Å². The average Bonchev–Trinajstić information content (AvgIpc) is 2.74. The SMILES string of the molecule is CC(C)(C)OC(=O)Cn1cnc(-c2cccc(N)c2)c1. The van der Waals surface area contributed by atoms with E-state index in [1.807, 2.05) is 45.0 Å². The van der Waals surface area contributed by atoms with Gasteiger partial charge in [0, 0.05) is 17.4 Å². The average molecular weight is 273 g/mol. The van der Waals surface area contributed by atoms with E-state index < -0.39 is 5.60 Å². The molecule has 2 rings (SSSR count). The molecule has 5 nitrogen and oxygen atoms in total. The number of nitrogens with zero attached hydrogens (tertiary/aromatic N) is 2. The van der Waals surface area contributed by atoms with Crippen LogP contribution in [-0.2, 0) is 16.1 Å². The summed E-state index contributed by atoms with van der Waals surface area (Å²) in [6, 6.07) is 7.47. The summed E-state index contributed by atoms with van der Waals surface area (Å²) in [4.78, 5) is 16.0. The largest absolute Gasteiger partial charge is 0.459 e. The van der Waals surface area contributed by atoms with Crippen molar-refractivity contribution in [2.75, 3.05) is 5.73 Å². The van der Waals surface area contributed by atoms with Crippen LogP contribution in [0.2, 0.25) is 0 Å². The second-order valence-corrected chi connectivity index (χ2v) is 5.64. The van der Waals surface area contributed by atoms with Crippen LogP contribution in [-0.4, -0.2) is 21.1 Å². The zero-order valence-electron chi connectivity index (χ0n) is 12.0. The molecule has 20 heavy (non-hydrogen) atoms. The number of nitrogens with two attached hydrogens (primary N) is 1. The lowest BCUT2D eigenvalue weighted by Gasteiger charge is -2.19.